The van der Waals surface area contributed by atoms with Crippen LogP contribution in [-0.2, 0) is 22.4 Å². The Morgan fingerprint density at radius 3 is 1.68 bits per heavy atom. The van der Waals surface area contributed by atoms with Crippen molar-refractivity contribution < 1.29 is 9.53 Å². The maximum Gasteiger partial charge on any atom is 0.311 e. The van der Waals surface area contributed by atoms with E-state index in [1.807, 2.05) is 64.1 Å². The van der Waals surface area contributed by atoms with Gasteiger partial charge in [0.05, 0.1) is 5.92 Å². The van der Waals surface area contributed by atoms with E-state index in [4.69, 9.17) is 10.5 Å². The third kappa shape index (κ3) is 5.71. The Kier molecular flexibility index (Phi) is 6.02. The highest BCUT2D eigenvalue weighted by Gasteiger charge is 2.39. The van der Waals surface area contributed by atoms with Crippen molar-refractivity contribution >= 4 is 5.97 Å². The van der Waals surface area contributed by atoms with Crippen molar-refractivity contribution in [2.24, 2.45) is 11.7 Å². The van der Waals surface area contributed by atoms with Crippen LogP contribution in [0.25, 0.3) is 0 Å². The highest BCUT2D eigenvalue weighted by molar-refractivity contribution is 5.74. The summed E-state index contributed by atoms with van der Waals surface area (Å²) in [5.74, 6) is -0.672. The number of carbonyl (C=O) groups excluding carboxylic acids is 1. The molecule has 2 N–H and O–H groups in total. The summed E-state index contributed by atoms with van der Waals surface area (Å²) in [6.07, 6.45) is 1.23. The average Bonchev–Trinajstić information content (AvgIpc) is 2.54. The molecule has 0 saturated carbocycles. The summed E-state index contributed by atoms with van der Waals surface area (Å²) >= 11 is 0. The molecular formula is C22H29NO2. The van der Waals surface area contributed by atoms with Gasteiger partial charge in [-0.25, -0.2) is 0 Å². The Bertz CT molecular complexity index is 633. The zero-order chi connectivity index (χ0) is 18.5. The molecule has 0 heterocycles. The molecule has 25 heavy (non-hydrogen) atoms. The zero-order valence-corrected chi connectivity index (χ0v) is 15.7. The first-order chi connectivity index (χ1) is 11.7. The molecule has 2 rings (SSSR count). The molecule has 0 amide bonds. The second kappa shape index (κ2) is 7.83. The van der Waals surface area contributed by atoms with Crippen LogP contribution in [0.4, 0.5) is 0 Å². The molecule has 2 aromatic carbocycles. The molecule has 2 aromatic rings. The lowest BCUT2D eigenvalue weighted by Gasteiger charge is -2.36. The van der Waals surface area contributed by atoms with Crippen molar-refractivity contribution in [3.8, 4) is 0 Å². The Balaban J connectivity index is 2.28. The molecular weight excluding hydrogens is 310 g/mol. The fraction of sp³-hybridized carbons (Fsp3) is 0.409. The van der Waals surface area contributed by atoms with Crippen LogP contribution in [0.1, 0.15) is 38.8 Å². The van der Waals surface area contributed by atoms with Gasteiger partial charge in [0.25, 0.3) is 0 Å². The predicted octanol–water partition coefficient (Wildman–Crippen LogP) is 4.15. The lowest BCUT2D eigenvalue weighted by Crippen LogP contribution is -2.54. The van der Waals surface area contributed by atoms with E-state index >= 15 is 0 Å². The number of carbonyl (C=O) groups is 1. The van der Waals surface area contributed by atoms with Gasteiger partial charge in [-0.2, -0.15) is 0 Å². The molecule has 1 unspecified atom stereocenters. The molecule has 0 radical (unpaired) electrons. The van der Waals surface area contributed by atoms with Crippen LogP contribution in [0.2, 0.25) is 0 Å². The minimum Gasteiger partial charge on any atom is -0.460 e. The van der Waals surface area contributed by atoms with Gasteiger partial charge in [-0.15, -0.1) is 0 Å². The second-order valence-corrected chi connectivity index (χ2v) is 7.81. The summed E-state index contributed by atoms with van der Waals surface area (Å²) in [6.45, 7) is 7.51. The Morgan fingerprint density at radius 2 is 1.32 bits per heavy atom. The third-order valence-electron chi connectivity index (χ3n) is 4.37. The van der Waals surface area contributed by atoms with Crippen LogP contribution in [0.5, 0.6) is 0 Å². The van der Waals surface area contributed by atoms with Crippen molar-refractivity contribution in [1.29, 1.82) is 0 Å². The first kappa shape index (κ1) is 19.2. The predicted molar refractivity (Wildman–Crippen MR) is 102 cm³/mol. The molecule has 0 aliphatic rings. The molecule has 0 bridgehead atoms. The van der Waals surface area contributed by atoms with Gasteiger partial charge in [0.2, 0.25) is 0 Å². The zero-order valence-electron chi connectivity index (χ0n) is 15.7. The van der Waals surface area contributed by atoms with Gasteiger partial charge in [0.15, 0.2) is 0 Å². The molecule has 0 saturated heterocycles. The van der Waals surface area contributed by atoms with Crippen LogP contribution in [0.3, 0.4) is 0 Å². The fourth-order valence-corrected chi connectivity index (χ4v) is 2.95. The summed E-state index contributed by atoms with van der Waals surface area (Å²) in [5.41, 5.74) is 7.83. The monoisotopic (exact) mass is 339 g/mol. The summed E-state index contributed by atoms with van der Waals surface area (Å²) in [5, 5.41) is 0. The van der Waals surface area contributed by atoms with Gasteiger partial charge in [0, 0.05) is 5.54 Å². The molecule has 0 aliphatic heterocycles. The van der Waals surface area contributed by atoms with E-state index in [-0.39, 0.29) is 5.97 Å². The number of benzene rings is 2. The smallest absolute Gasteiger partial charge is 0.311 e. The van der Waals surface area contributed by atoms with E-state index in [1.165, 1.54) is 0 Å². The Morgan fingerprint density at radius 1 is 0.920 bits per heavy atom. The molecule has 0 fully saturated rings. The summed E-state index contributed by atoms with van der Waals surface area (Å²) in [6, 6.07) is 20.2. The van der Waals surface area contributed by atoms with Gasteiger partial charge in [0.1, 0.15) is 5.60 Å². The summed E-state index contributed by atoms with van der Waals surface area (Å²) < 4.78 is 5.60. The van der Waals surface area contributed by atoms with E-state index < -0.39 is 17.1 Å². The quantitative estimate of drug-likeness (QED) is 0.805. The molecule has 1 atom stereocenters. The average molecular weight is 339 g/mol. The van der Waals surface area contributed by atoms with Crippen molar-refractivity contribution in [3.63, 3.8) is 0 Å². The molecule has 0 aromatic heterocycles. The van der Waals surface area contributed by atoms with E-state index in [9.17, 15) is 4.79 Å². The first-order valence-electron chi connectivity index (χ1n) is 8.79. The van der Waals surface area contributed by atoms with Crippen molar-refractivity contribution in [2.45, 2.75) is 51.7 Å². The molecule has 0 spiro atoms. The maximum absolute atomic E-state index is 12.7. The van der Waals surface area contributed by atoms with Gasteiger partial charge in [-0.3, -0.25) is 4.79 Å². The lowest BCUT2D eigenvalue weighted by molar-refractivity contribution is -0.161. The molecule has 3 nitrogen and oxygen atoms in total. The number of esters is 1. The van der Waals surface area contributed by atoms with E-state index in [0.29, 0.717) is 12.8 Å². The number of hydrogen-bond donors (Lipinski definition) is 1. The van der Waals surface area contributed by atoms with E-state index in [1.54, 1.807) is 0 Å². The van der Waals surface area contributed by atoms with Crippen LogP contribution in [0.15, 0.2) is 60.7 Å². The lowest BCUT2D eigenvalue weighted by atomic mass is 9.76. The highest BCUT2D eigenvalue weighted by atomic mass is 16.6. The van der Waals surface area contributed by atoms with E-state index in [0.717, 1.165) is 11.1 Å². The molecule has 3 heteroatoms. The molecule has 0 aliphatic carbocycles. The SMILES string of the molecule is CC(C(=O)OC(C)(C)C)C(N)(Cc1ccccc1)Cc1ccccc1. The van der Waals surface area contributed by atoms with Gasteiger partial charge in [-0.05, 0) is 44.7 Å². The number of rotatable bonds is 6. The highest BCUT2D eigenvalue weighted by Crippen LogP contribution is 2.27. The van der Waals surface area contributed by atoms with Crippen molar-refractivity contribution in [1.82, 2.24) is 0 Å². The maximum atomic E-state index is 12.7. The van der Waals surface area contributed by atoms with Crippen molar-refractivity contribution in [2.75, 3.05) is 0 Å². The Labute approximate surface area is 151 Å². The largest absolute Gasteiger partial charge is 0.460 e. The molecule has 134 valence electrons. The second-order valence-electron chi connectivity index (χ2n) is 7.81. The summed E-state index contributed by atoms with van der Waals surface area (Å²) in [4.78, 5) is 12.7. The van der Waals surface area contributed by atoms with Crippen LogP contribution >= 0.6 is 0 Å². The number of hydrogen-bond acceptors (Lipinski definition) is 3. The third-order valence-corrected chi connectivity index (χ3v) is 4.37. The summed E-state index contributed by atoms with van der Waals surface area (Å²) in [7, 11) is 0. The number of ether oxygens (including phenoxy) is 1. The first-order valence-corrected chi connectivity index (χ1v) is 8.79. The van der Waals surface area contributed by atoms with Crippen molar-refractivity contribution in [3.05, 3.63) is 71.8 Å². The normalized spacial score (nSPS) is 13.3. The van der Waals surface area contributed by atoms with Gasteiger partial charge >= 0.3 is 5.97 Å². The van der Waals surface area contributed by atoms with Gasteiger partial charge in [-0.1, -0.05) is 67.6 Å². The number of nitrogens with two attached hydrogens (primary N) is 1. The van der Waals surface area contributed by atoms with Crippen LogP contribution in [-0.4, -0.2) is 17.1 Å². The minimum atomic E-state index is -0.717. The van der Waals surface area contributed by atoms with E-state index in [2.05, 4.69) is 24.3 Å². The van der Waals surface area contributed by atoms with Gasteiger partial charge < -0.3 is 10.5 Å². The standard InChI is InChI=1S/C22H29NO2/c1-17(20(24)25-21(2,3)4)22(23,15-18-11-7-5-8-12-18)16-19-13-9-6-10-14-19/h5-14,17H,15-16,23H2,1-4H3. The van der Waals surface area contributed by atoms with Crippen LogP contribution < -0.4 is 5.73 Å². The Hall–Kier alpha value is -2.13. The fourth-order valence-electron chi connectivity index (χ4n) is 2.95. The minimum absolute atomic E-state index is 0.248. The van der Waals surface area contributed by atoms with Crippen LogP contribution in [0, 0.1) is 5.92 Å². The topological polar surface area (TPSA) is 52.3 Å².